The molecule has 1 aliphatic rings. The zero-order valence-corrected chi connectivity index (χ0v) is 17.3. The Balaban J connectivity index is 1.87. The van der Waals surface area contributed by atoms with E-state index < -0.39 is 28.0 Å². The number of nitrogens with one attached hydrogen (secondary N) is 1. The van der Waals surface area contributed by atoms with Crippen molar-refractivity contribution in [3.05, 3.63) is 41.3 Å². The van der Waals surface area contributed by atoms with Crippen LogP contribution in [0.1, 0.15) is 39.2 Å². The van der Waals surface area contributed by atoms with Crippen LogP contribution < -0.4 is 5.32 Å². The molecule has 0 unspecified atom stereocenters. The first-order valence-electron chi connectivity index (χ1n) is 9.43. The minimum absolute atomic E-state index is 0.0361. The smallest absolute Gasteiger partial charge is 0.309 e. The van der Waals surface area contributed by atoms with E-state index in [-0.39, 0.29) is 25.0 Å². The van der Waals surface area contributed by atoms with Gasteiger partial charge in [0.25, 0.3) is 5.91 Å². The molecule has 1 aromatic carbocycles. The summed E-state index contributed by atoms with van der Waals surface area (Å²) >= 11 is 0. The van der Waals surface area contributed by atoms with E-state index in [1.165, 1.54) is 16.6 Å². The maximum absolute atomic E-state index is 12.5. The standard InChI is InChI=1S/C20H28N2O5S/c1-15(2)21-19(23)16(3)27-20(24)18-9-12-22(13-10-18)28(25,26)14-11-17-7-5-4-6-8-17/h4-8,11,14-16,18H,9-10,12-13H2,1-3H3,(H,21,23)/b14-11+/t16-/m1/s1. The quantitative estimate of drug-likeness (QED) is 0.698. The highest BCUT2D eigenvalue weighted by atomic mass is 32.2. The topological polar surface area (TPSA) is 92.8 Å². The van der Waals surface area contributed by atoms with Crippen LogP contribution in [0.5, 0.6) is 0 Å². The van der Waals surface area contributed by atoms with Crippen LogP contribution in [-0.2, 0) is 24.3 Å². The number of hydrogen-bond donors (Lipinski definition) is 1. The summed E-state index contributed by atoms with van der Waals surface area (Å²) in [4.78, 5) is 24.1. The van der Waals surface area contributed by atoms with Gasteiger partial charge >= 0.3 is 5.97 Å². The molecule has 1 fully saturated rings. The van der Waals surface area contributed by atoms with Crippen LogP contribution >= 0.6 is 0 Å². The number of carbonyl (C=O) groups excluding carboxylic acids is 2. The van der Waals surface area contributed by atoms with Gasteiger partial charge in [-0.15, -0.1) is 0 Å². The number of sulfonamides is 1. The second kappa shape index (κ2) is 9.84. The van der Waals surface area contributed by atoms with Gasteiger partial charge in [-0.1, -0.05) is 30.3 Å². The summed E-state index contributed by atoms with van der Waals surface area (Å²) < 4.78 is 31.6. The van der Waals surface area contributed by atoms with Crippen molar-refractivity contribution in [2.45, 2.75) is 45.8 Å². The molecule has 0 aliphatic carbocycles. The lowest BCUT2D eigenvalue weighted by molar-refractivity contribution is -0.160. The number of ether oxygens (including phenoxy) is 1. The zero-order valence-electron chi connectivity index (χ0n) is 16.5. The van der Waals surface area contributed by atoms with Gasteiger partial charge in [0.1, 0.15) is 0 Å². The van der Waals surface area contributed by atoms with Gasteiger partial charge in [-0.3, -0.25) is 9.59 Å². The van der Waals surface area contributed by atoms with E-state index in [2.05, 4.69) is 5.32 Å². The first-order valence-corrected chi connectivity index (χ1v) is 10.9. The molecule has 1 N–H and O–H groups in total. The largest absolute Gasteiger partial charge is 0.452 e. The second-order valence-corrected chi connectivity index (χ2v) is 8.99. The van der Waals surface area contributed by atoms with Gasteiger partial charge in [0.05, 0.1) is 5.92 Å². The van der Waals surface area contributed by atoms with Crippen LogP contribution in [0.3, 0.4) is 0 Å². The van der Waals surface area contributed by atoms with E-state index in [9.17, 15) is 18.0 Å². The SMILES string of the molecule is CC(C)NC(=O)[C@@H](C)OC(=O)C1CCN(S(=O)(=O)/C=C/c2ccccc2)CC1. The Morgan fingerprint density at radius 3 is 2.32 bits per heavy atom. The van der Waals surface area contributed by atoms with E-state index in [1.54, 1.807) is 6.08 Å². The average Bonchev–Trinajstić information content (AvgIpc) is 2.66. The number of nitrogens with zero attached hydrogens (tertiary/aromatic N) is 1. The summed E-state index contributed by atoms with van der Waals surface area (Å²) in [6.07, 6.45) is 1.43. The van der Waals surface area contributed by atoms with Gasteiger partial charge in [-0.05, 0) is 45.3 Å². The molecule has 1 heterocycles. The minimum atomic E-state index is -3.54. The highest BCUT2D eigenvalue weighted by Crippen LogP contribution is 2.22. The van der Waals surface area contributed by atoms with Gasteiger partial charge in [0, 0.05) is 24.5 Å². The number of rotatable bonds is 7. The molecule has 0 radical (unpaired) electrons. The summed E-state index contributed by atoms with van der Waals surface area (Å²) in [7, 11) is -3.54. The van der Waals surface area contributed by atoms with Crippen molar-refractivity contribution in [3.8, 4) is 0 Å². The molecular weight excluding hydrogens is 380 g/mol. The van der Waals surface area contributed by atoms with E-state index >= 15 is 0 Å². The van der Waals surface area contributed by atoms with Crippen LogP contribution in [-0.4, -0.2) is 49.8 Å². The molecule has 0 aromatic heterocycles. The van der Waals surface area contributed by atoms with Crippen LogP contribution in [0.2, 0.25) is 0 Å². The Morgan fingerprint density at radius 1 is 1.14 bits per heavy atom. The maximum Gasteiger partial charge on any atom is 0.309 e. The minimum Gasteiger partial charge on any atom is -0.452 e. The fourth-order valence-electron chi connectivity index (χ4n) is 2.89. The Kier molecular flexibility index (Phi) is 7.77. The summed E-state index contributed by atoms with van der Waals surface area (Å²) in [6.45, 7) is 5.68. The third-order valence-electron chi connectivity index (χ3n) is 4.47. The maximum atomic E-state index is 12.5. The van der Waals surface area contributed by atoms with Crippen molar-refractivity contribution in [2.24, 2.45) is 5.92 Å². The molecule has 7 nitrogen and oxygen atoms in total. The molecule has 0 bridgehead atoms. The highest BCUT2D eigenvalue weighted by molar-refractivity contribution is 7.92. The van der Waals surface area contributed by atoms with Gasteiger partial charge in [0.15, 0.2) is 6.10 Å². The fraction of sp³-hybridized carbons (Fsp3) is 0.500. The molecule has 0 spiro atoms. The van der Waals surface area contributed by atoms with Crippen molar-refractivity contribution >= 4 is 28.0 Å². The molecule has 28 heavy (non-hydrogen) atoms. The van der Waals surface area contributed by atoms with Crippen molar-refractivity contribution in [1.82, 2.24) is 9.62 Å². The van der Waals surface area contributed by atoms with E-state index in [0.29, 0.717) is 12.8 Å². The number of amides is 1. The lowest BCUT2D eigenvalue weighted by Crippen LogP contribution is -2.43. The predicted octanol–water partition coefficient (Wildman–Crippen LogP) is 2.16. The lowest BCUT2D eigenvalue weighted by atomic mass is 9.98. The average molecular weight is 409 g/mol. The predicted molar refractivity (Wildman–Crippen MR) is 108 cm³/mol. The second-order valence-electron chi connectivity index (χ2n) is 7.17. The van der Waals surface area contributed by atoms with Crippen molar-refractivity contribution in [3.63, 3.8) is 0 Å². The summed E-state index contributed by atoms with van der Waals surface area (Å²) in [5, 5.41) is 3.89. The monoisotopic (exact) mass is 408 g/mol. The van der Waals surface area contributed by atoms with Crippen molar-refractivity contribution < 1.29 is 22.7 Å². The Labute approximate surface area is 166 Å². The Bertz CT molecular complexity index is 797. The van der Waals surface area contributed by atoms with Gasteiger partial charge in [0.2, 0.25) is 10.0 Å². The van der Waals surface area contributed by atoms with Gasteiger partial charge < -0.3 is 10.1 Å². The van der Waals surface area contributed by atoms with Gasteiger partial charge in [-0.25, -0.2) is 8.42 Å². The summed E-state index contributed by atoms with van der Waals surface area (Å²) in [5.41, 5.74) is 0.804. The molecule has 1 amide bonds. The van der Waals surface area contributed by atoms with E-state index in [0.717, 1.165) is 5.56 Å². The fourth-order valence-corrected chi connectivity index (χ4v) is 4.11. The molecular formula is C20H28N2O5S. The first-order chi connectivity index (χ1) is 13.2. The third kappa shape index (κ3) is 6.45. The third-order valence-corrected chi connectivity index (χ3v) is 6.04. The normalized spacial score (nSPS) is 17.6. The summed E-state index contributed by atoms with van der Waals surface area (Å²) in [5.74, 6) is -1.20. The first kappa shape index (κ1) is 22.1. The van der Waals surface area contributed by atoms with E-state index in [1.807, 2.05) is 44.2 Å². The summed E-state index contributed by atoms with van der Waals surface area (Å²) in [6, 6.07) is 9.15. The van der Waals surface area contributed by atoms with Crippen molar-refractivity contribution in [1.29, 1.82) is 0 Å². The molecule has 2 rings (SSSR count). The van der Waals surface area contributed by atoms with Crippen LogP contribution in [0.15, 0.2) is 35.7 Å². The van der Waals surface area contributed by atoms with Gasteiger partial charge in [-0.2, -0.15) is 4.31 Å². The Morgan fingerprint density at radius 2 is 1.75 bits per heavy atom. The molecule has 1 aromatic rings. The number of esters is 1. The molecule has 154 valence electrons. The van der Waals surface area contributed by atoms with Crippen LogP contribution in [0.25, 0.3) is 6.08 Å². The number of benzene rings is 1. The molecule has 8 heteroatoms. The zero-order chi connectivity index (χ0) is 20.7. The van der Waals surface area contributed by atoms with Crippen molar-refractivity contribution in [2.75, 3.05) is 13.1 Å². The Hall–Kier alpha value is -2.19. The molecule has 1 saturated heterocycles. The number of piperidine rings is 1. The number of hydrogen-bond acceptors (Lipinski definition) is 5. The molecule has 1 atom stereocenters. The highest BCUT2D eigenvalue weighted by Gasteiger charge is 2.32. The molecule has 0 saturated carbocycles. The van der Waals surface area contributed by atoms with Crippen LogP contribution in [0.4, 0.5) is 0 Å². The van der Waals surface area contributed by atoms with Crippen LogP contribution in [0, 0.1) is 5.92 Å². The number of carbonyl (C=O) groups is 2. The molecule has 1 aliphatic heterocycles. The van der Waals surface area contributed by atoms with E-state index in [4.69, 9.17) is 4.74 Å². The lowest BCUT2D eigenvalue weighted by Gasteiger charge is -2.29.